The van der Waals surface area contributed by atoms with Gasteiger partial charge in [0.05, 0.1) is 14.2 Å². The smallest absolute Gasteiger partial charge is 0.336 e. The van der Waals surface area contributed by atoms with E-state index in [1.54, 1.807) is 20.3 Å². The summed E-state index contributed by atoms with van der Waals surface area (Å²) in [5, 5.41) is 0.895. The van der Waals surface area contributed by atoms with Crippen LogP contribution in [-0.2, 0) is 13.1 Å². The average molecular weight is 429 g/mol. The van der Waals surface area contributed by atoms with Crippen LogP contribution in [0.25, 0.3) is 22.1 Å². The second kappa shape index (κ2) is 8.40. The fourth-order valence-corrected chi connectivity index (χ4v) is 4.13. The zero-order valence-electron chi connectivity index (χ0n) is 18.0. The van der Waals surface area contributed by atoms with E-state index in [1.807, 2.05) is 54.6 Å². The van der Waals surface area contributed by atoms with Crippen molar-refractivity contribution >= 4 is 11.0 Å². The van der Waals surface area contributed by atoms with Crippen LogP contribution in [0.4, 0.5) is 0 Å². The molecule has 0 saturated carbocycles. The fourth-order valence-electron chi connectivity index (χ4n) is 4.13. The molecule has 6 heteroatoms. The molecule has 3 aromatic carbocycles. The summed E-state index contributed by atoms with van der Waals surface area (Å²) < 4.78 is 22.3. The molecule has 1 aliphatic rings. The lowest BCUT2D eigenvalue weighted by molar-refractivity contribution is 0.0888. The molecule has 6 nitrogen and oxygen atoms in total. The predicted octanol–water partition coefficient (Wildman–Crippen LogP) is 4.83. The molecule has 4 aromatic rings. The third-order valence-electron chi connectivity index (χ3n) is 5.66. The Hall–Kier alpha value is -3.77. The van der Waals surface area contributed by atoms with Gasteiger partial charge in [0, 0.05) is 36.2 Å². The third-order valence-corrected chi connectivity index (χ3v) is 5.66. The van der Waals surface area contributed by atoms with Crippen molar-refractivity contribution in [3.8, 4) is 28.4 Å². The van der Waals surface area contributed by atoms with Gasteiger partial charge in [0.2, 0.25) is 0 Å². The van der Waals surface area contributed by atoms with E-state index in [9.17, 15) is 4.79 Å². The second-order valence-corrected chi connectivity index (χ2v) is 7.75. The van der Waals surface area contributed by atoms with Crippen LogP contribution in [0.2, 0.25) is 0 Å². The van der Waals surface area contributed by atoms with E-state index in [-0.39, 0.29) is 5.63 Å². The van der Waals surface area contributed by atoms with Gasteiger partial charge < -0.3 is 18.6 Å². The van der Waals surface area contributed by atoms with Crippen molar-refractivity contribution in [2.45, 2.75) is 13.1 Å². The maximum Gasteiger partial charge on any atom is 0.336 e. The fraction of sp³-hybridized carbons (Fsp3) is 0.192. The Morgan fingerprint density at radius 1 is 0.938 bits per heavy atom. The first-order chi connectivity index (χ1) is 15.6. The van der Waals surface area contributed by atoms with Crippen molar-refractivity contribution in [3.63, 3.8) is 0 Å². The van der Waals surface area contributed by atoms with E-state index in [2.05, 4.69) is 11.0 Å². The SMILES string of the molecule is COc1ccc(CN2COc3cc4oc(=O)cc(-c5ccccc5)c4cc3C2)cc1OC. The Bertz CT molecular complexity index is 1330. The van der Waals surface area contributed by atoms with Crippen molar-refractivity contribution in [3.05, 3.63) is 88.3 Å². The lowest BCUT2D eigenvalue weighted by Crippen LogP contribution is -2.31. The highest BCUT2D eigenvalue weighted by Gasteiger charge is 2.21. The number of methoxy groups -OCH3 is 2. The van der Waals surface area contributed by atoms with Crippen molar-refractivity contribution in [1.82, 2.24) is 4.90 Å². The van der Waals surface area contributed by atoms with E-state index in [0.717, 1.165) is 33.4 Å². The zero-order chi connectivity index (χ0) is 22.1. The monoisotopic (exact) mass is 429 g/mol. The summed E-state index contributed by atoms with van der Waals surface area (Å²) >= 11 is 0. The van der Waals surface area contributed by atoms with Crippen LogP contribution in [0.1, 0.15) is 11.1 Å². The molecule has 2 heterocycles. The highest BCUT2D eigenvalue weighted by Crippen LogP contribution is 2.35. The van der Waals surface area contributed by atoms with Gasteiger partial charge >= 0.3 is 5.63 Å². The molecule has 1 aromatic heterocycles. The molecule has 0 radical (unpaired) electrons. The highest BCUT2D eigenvalue weighted by molar-refractivity contribution is 5.94. The van der Waals surface area contributed by atoms with Crippen LogP contribution < -0.4 is 19.8 Å². The molecule has 1 aliphatic heterocycles. The van der Waals surface area contributed by atoms with Crippen LogP contribution in [0.15, 0.2) is 75.9 Å². The topological polar surface area (TPSA) is 61.1 Å². The van der Waals surface area contributed by atoms with Gasteiger partial charge in [-0.05, 0) is 34.9 Å². The van der Waals surface area contributed by atoms with E-state index >= 15 is 0 Å². The van der Waals surface area contributed by atoms with Gasteiger partial charge in [0.25, 0.3) is 0 Å². The summed E-state index contributed by atoms with van der Waals surface area (Å²) in [5.74, 6) is 2.16. The van der Waals surface area contributed by atoms with Crippen molar-refractivity contribution < 1.29 is 18.6 Å². The van der Waals surface area contributed by atoms with Crippen LogP contribution in [-0.4, -0.2) is 25.9 Å². The van der Waals surface area contributed by atoms with Gasteiger partial charge in [-0.15, -0.1) is 0 Å². The Morgan fingerprint density at radius 2 is 1.75 bits per heavy atom. The minimum atomic E-state index is -0.373. The Labute approximate surface area is 185 Å². The maximum absolute atomic E-state index is 12.2. The minimum absolute atomic E-state index is 0.373. The lowest BCUT2D eigenvalue weighted by Gasteiger charge is -2.29. The molecule has 0 spiro atoms. The molecule has 5 rings (SSSR count). The van der Waals surface area contributed by atoms with Gasteiger partial charge in [-0.1, -0.05) is 36.4 Å². The van der Waals surface area contributed by atoms with Gasteiger partial charge in [-0.25, -0.2) is 4.79 Å². The molecule has 0 fully saturated rings. The van der Waals surface area contributed by atoms with Crippen LogP contribution in [0.5, 0.6) is 17.2 Å². The molecule has 0 amide bonds. The first-order valence-corrected chi connectivity index (χ1v) is 10.4. The number of hydrogen-bond acceptors (Lipinski definition) is 6. The molecule has 0 bridgehead atoms. The average Bonchev–Trinajstić information content (AvgIpc) is 2.83. The van der Waals surface area contributed by atoms with Crippen LogP contribution >= 0.6 is 0 Å². The Kier molecular flexibility index (Phi) is 5.29. The quantitative estimate of drug-likeness (QED) is 0.424. The van der Waals surface area contributed by atoms with E-state index in [1.165, 1.54) is 0 Å². The summed E-state index contributed by atoms with van der Waals surface area (Å²) in [6.45, 7) is 1.86. The number of benzene rings is 3. The van der Waals surface area contributed by atoms with E-state index in [0.29, 0.717) is 36.9 Å². The summed E-state index contributed by atoms with van der Waals surface area (Å²) in [4.78, 5) is 14.4. The molecule has 0 aliphatic carbocycles. The van der Waals surface area contributed by atoms with Gasteiger partial charge in [-0.2, -0.15) is 0 Å². The van der Waals surface area contributed by atoms with Gasteiger partial charge in [0.15, 0.2) is 11.5 Å². The molecule has 32 heavy (non-hydrogen) atoms. The molecule has 0 N–H and O–H groups in total. The van der Waals surface area contributed by atoms with E-state index < -0.39 is 0 Å². The van der Waals surface area contributed by atoms with E-state index in [4.69, 9.17) is 18.6 Å². The molecule has 0 unspecified atom stereocenters. The van der Waals surface area contributed by atoms with Crippen LogP contribution in [0, 0.1) is 0 Å². The lowest BCUT2D eigenvalue weighted by atomic mass is 9.99. The summed E-state index contributed by atoms with van der Waals surface area (Å²) in [7, 11) is 3.26. The molecule has 162 valence electrons. The summed E-state index contributed by atoms with van der Waals surface area (Å²) in [5.41, 5.74) is 4.15. The Morgan fingerprint density at radius 3 is 2.53 bits per heavy atom. The second-order valence-electron chi connectivity index (χ2n) is 7.75. The maximum atomic E-state index is 12.2. The molecule has 0 saturated heterocycles. The normalized spacial score (nSPS) is 13.4. The Balaban J connectivity index is 1.48. The van der Waals surface area contributed by atoms with Crippen molar-refractivity contribution in [2.24, 2.45) is 0 Å². The number of nitrogens with zero attached hydrogens (tertiary/aromatic N) is 1. The van der Waals surface area contributed by atoms with Crippen molar-refractivity contribution in [2.75, 3.05) is 21.0 Å². The summed E-state index contributed by atoms with van der Waals surface area (Å²) in [6, 6.07) is 21.2. The van der Waals surface area contributed by atoms with Crippen LogP contribution in [0.3, 0.4) is 0 Å². The third kappa shape index (κ3) is 3.81. The first-order valence-electron chi connectivity index (χ1n) is 10.4. The molecular weight excluding hydrogens is 406 g/mol. The largest absolute Gasteiger partial charge is 0.493 e. The molecular formula is C26H23NO5. The molecule has 0 atom stereocenters. The predicted molar refractivity (Wildman–Crippen MR) is 122 cm³/mol. The minimum Gasteiger partial charge on any atom is -0.493 e. The number of rotatable bonds is 5. The standard InChI is InChI=1S/C26H23NO5/c1-29-22-9-8-17(10-25(22)30-2)14-27-15-19-11-21-20(18-6-4-3-5-7-18)12-26(28)32-24(21)13-23(19)31-16-27/h3-13H,14-16H2,1-2H3. The van der Waals surface area contributed by atoms with Crippen molar-refractivity contribution in [1.29, 1.82) is 0 Å². The van der Waals surface area contributed by atoms with Gasteiger partial charge in [-0.3, -0.25) is 4.90 Å². The van der Waals surface area contributed by atoms with Gasteiger partial charge in [0.1, 0.15) is 18.1 Å². The number of ether oxygens (including phenoxy) is 3. The zero-order valence-corrected chi connectivity index (χ0v) is 18.0. The first kappa shape index (κ1) is 20.2. The number of hydrogen-bond donors (Lipinski definition) is 0. The summed E-state index contributed by atoms with van der Waals surface area (Å²) in [6.07, 6.45) is 0. The highest BCUT2D eigenvalue weighted by atomic mass is 16.5. The number of fused-ring (bicyclic) bond motifs is 2.